The van der Waals surface area contributed by atoms with Crippen molar-refractivity contribution in [2.24, 2.45) is 0 Å². The Bertz CT molecular complexity index is 321. The topological polar surface area (TPSA) is 18.5 Å². The van der Waals surface area contributed by atoms with E-state index in [1.807, 2.05) is 18.2 Å². The highest BCUT2D eigenvalue weighted by atomic mass is 35.5. The third-order valence-electron chi connectivity index (χ3n) is 2.71. The first-order valence-corrected chi connectivity index (χ1v) is 6.20. The molecule has 0 radical (unpaired) electrons. The molecule has 4 heteroatoms. The average molecular weight is 261 g/mol. The van der Waals surface area contributed by atoms with Gasteiger partial charge in [-0.1, -0.05) is 53.5 Å². The number of halogens is 2. The summed E-state index contributed by atoms with van der Waals surface area (Å²) in [6, 6.07) is 10.2. The summed E-state index contributed by atoms with van der Waals surface area (Å²) in [5, 5.41) is 0. The molecule has 1 fully saturated rings. The molecule has 2 nitrogen and oxygen atoms in total. The van der Waals surface area contributed by atoms with E-state index in [4.69, 9.17) is 32.7 Å². The molecule has 1 aromatic rings. The summed E-state index contributed by atoms with van der Waals surface area (Å²) in [6.07, 6.45) is 1.52. The molecule has 0 aliphatic carbocycles. The van der Waals surface area contributed by atoms with Gasteiger partial charge in [-0.3, -0.25) is 0 Å². The van der Waals surface area contributed by atoms with Crippen LogP contribution in [0.15, 0.2) is 30.3 Å². The van der Waals surface area contributed by atoms with Gasteiger partial charge in [0.25, 0.3) is 0 Å². The van der Waals surface area contributed by atoms with Crippen LogP contribution < -0.4 is 0 Å². The van der Waals surface area contributed by atoms with Gasteiger partial charge in [0.15, 0.2) is 10.6 Å². The Hall–Kier alpha value is -0.280. The molecule has 0 atom stereocenters. The summed E-state index contributed by atoms with van der Waals surface area (Å²) in [5.41, 5.74) is 1.23. The fourth-order valence-electron chi connectivity index (χ4n) is 1.81. The largest absolute Gasteiger partial charge is 0.345 e. The second-order valence-corrected chi connectivity index (χ2v) is 4.89. The van der Waals surface area contributed by atoms with Crippen LogP contribution in [0.3, 0.4) is 0 Å². The number of aryl methyl sites for hydroxylation is 1. The van der Waals surface area contributed by atoms with Crippen LogP contribution in [0.4, 0.5) is 0 Å². The Morgan fingerprint density at radius 1 is 1.12 bits per heavy atom. The van der Waals surface area contributed by atoms with Crippen LogP contribution in [-0.2, 0) is 15.9 Å². The Labute approximate surface area is 105 Å². The zero-order chi connectivity index (χ0) is 11.4. The first-order chi connectivity index (χ1) is 7.73. The lowest BCUT2D eigenvalue weighted by molar-refractivity contribution is -0.150. The van der Waals surface area contributed by atoms with E-state index < -0.39 is 10.6 Å². The lowest BCUT2D eigenvalue weighted by Gasteiger charge is -2.28. The van der Waals surface area contributed by atoms with Crippen LogP contribution in [0.25, 0.3) is 0 Å². The third-order valence-corrected chi connectivity index (χ3v) is 3.38. The van der Waals surface area contributed by atoms with Gasteiger partial charge in [-0.25, -0.2) is 0 Å². The van der Waals surface area contributed by atoms with Crippen molar-refractivity contribution in [1.29, 1.82) is 0 Å². The lowest BCUT2D eigenvalue weighted by Crippen LogP contribution is -2.37. The number of hydrogen-bond acceptors (Lipinski definition) is 2. The smallest absolute Gasteiger partial charge is 0.199 e. The first-order valence-electron chi connectivity index (χ1n) is 5.33. The monoisotopic (exact) mass is 260 g/mol. The zero-order valence-corrected chi connectivity index (χ0v) is 10.4. The number of hydrogen-bond donors (Lipinski definition) is 0. The van der Waals surface area contributed by atoms with Gasteiger partial charge in [-0.2, -0.15) is 0 Å². The van der Waals surface area contributed by atoms with Crippen molar-refractivity contribution in [2.75, 3.05) is 13.2 Å². The van der Waals surface area contributed by atoms with Gasteiger partial charge < -0.3 is 9.47 Å². The molecule has 0 bridgehead atoms. The molecule has 0 spiro atoms. The predicted octanol–water partition coefficient (Wildman–Crippen LogP) is 3.17. The summed E-state index contributed by atoms with van der Waals surface area (Å²) in [7, 11) is 0. The molecule has 1 heterocycles. The fraction of sp³-hybridized carbons (Fsp3) is 0.500. The van der Waals surface area contributed by atoms with Crippen molar-refractivity contribution in [3.05, 3.63) is 35.9 Å². The molecule has 0 unspecified atom stereocenters. The Balaban J connectivity index is 1.97. The molecule has 0 aromatic heterocycles. The second-order valence-electron chi connectivity index (χ2n) is 3.80. The van der Waals surface area contributed by atoms with Gasteiger partial charge in [0, 0.05) is 6.42 Å². The molecule has 1 aromatic carbocycles. The molecule has 1 aliphatic heterocycles. The van der Waals surface area contributed by atoms with Crippen LogP contribution >= 0.6 is 23.2 Å². The Kier molecular flexibility index (Phi) is 4.09. The summed E-state index contributed by atoms with van der Waals surface area (Å²) in [4.78, 5) is -0.654. The first kappa shape index (κ1) is 12.2. The lowest BCUT2D eigenvalue weighted by atomic mass is 10.1. The molecular formula is C12H14Cl2O2. The maximum Gasteiger partial charge on any atom is 0.199 e. The maximum absolute atomic E-state index is 5.92. The zero-order valence-electron chi connectivity index (χ0n) is 8.86. The van der Waals surface area contributed by atoms with Crippen molar-refractivity contribution >= 4 is 23.2 Å². The van der Waals surface area contributed by atoms with E-state index in [9.17, 15) is 0 Å². The van der Waals surface area contributed by atoms with Crippen molar-refractivity contribution in [2.45, 2.75) is 23.5 Å². The summed E-state index contributed by atoms with van der Waals surface area (Å²) >= 11 is 11.8. The third kappa shape index (κ3) is 2.69. The minimum absolute atomic E-state index is 0.560. The van der Waals surface area contributed by atoms with Crippen LogP contribution in [-0.4, -0.2) is 23.8 Å². The van der Waals surface area contributed by atoms with Crippen LogP contribution in [0.1, 0.15) is 12.0 Å². The summed E-state index contributed by atoms with van der Waals surface area (Å²) in [6.45, 7) is 1.12. The van der Waals surface area contributed by atoms with E-state index in [2.05, 4.69) is 12.1 Å². The van der Waals surface area contributed by atoms with E-state index in [0.29, 0.717) is 19.6 Å². The van der Waals surface area contributed by atoms with Gasteiger partial charge >= 0.3 is 0 Å². The highest BCUT2D eigenvalue weighted by Crippen LogP contribution is 2.34. The van der Waals surface area contributed by atoms with Crippen molar-refractivity contribution in [3.63, 3.8) is 0 Å². The molecule has 1 saturated heterocycles. The SMILES string of the molecule is ClC(Cl)C1(CCc2ccccc2)OCCO1. The summed E-state index contributed by atoms with van der Waals surface area (Å²) < 4.78 is 11.1. The Morgan fingerprint density at radius 3 is 2.31 bits per heavy atom. The molecule has 0 N–H and O–H groups in total. The van der Waals surface area contributed by atoms with E-state index >= 15 is 0 Å². The normalized spacial score (nSPS) is 19.2. The van der Waals surface area contributed by atoms with Crippen LogP contribution in [0.2, 0.25) is 0 Å². The van der Waals surface area contributed by atoms with E-state index in [1.54, 1.807) is 0 Å². The van der Waals surface area contributed by atoms with Crippen molar-refractivity contribution in [1.82, 2.24) is 0 Å². The fourth-order valence-corrected chi connectivity index (χ4v) is 2.28. The van der Waals surface area contributed by atoms with Crippen molar-refractivity contribution in [3.8, 4) is 0 Å². The minimum Gasteiger partial charge on any atom is -0.345 e. The standard InChI is InChI=1S/C12H14Cl2O2/c13-11(14)12(15-8-9-16-12)7-6-10-4-2-1-3-5-10/h1-5,11H,6-9H2. The molecule has 16 heavy (non-hydrogen) atoms. The number of alkyl halides is 2. The molecular weight excluding hydrogens is 247 g/mol. The average Bonchev–Trinajstić information content (AvgIpc) is 2.78. The van der Waals surface area contributed by atoms with Crippen molar-refractivity contribution < 1.29 is 9.47 Å². The number of ether oxygens (including phenoxy) is 2. The Morgan fingerprint density at radius 2 is 1.75 bits per heavy atom. The second kappa shape index (κ2) is 5.37. The maximum atomic E-state index is 5.92. The molecule has 2 rings (SSSR count). The van der Waals surface area contributed by atoms with Crippen LogP contribution in [0, 0.1) is 0 Å². The van der Waals surface area contributed by atoms with Gasteiger partial charge in [-0.15, -0.1) is 0 Å². The number of rotatable bonds is 4. The quantitative estimate of drug-likeness (QED) is 0.775. The minimum atomic E-state index is -0.820. The number of benzene rings is 1. The van der Waals surface area contributed by atoms with Gasteiger partial charge in [-0.05, 0) is 12.0 Å². The molecule has 88 valence electrons. The molecule has 0 amide bonds. The van der Waals surface area contributed by atoms with Crippen LogP contribution in [0.5, 0.6) is 0 Å². The highest BCUT2D eigenvalue weighted by molar-refractivity contribution is 6.45. The molecule has 0 saturated carbocycles. The van der Waals surface area contributed by atoms with E-state index in [0.717, 1.165) is 6.42 Å². The summed E-state index contributed by atoms with van der Waals surface area (Å²) in [5.74, 6) is -0.820. The van der Waals surface area contributed by atoms with E-state index in [-0.39, 0.29) is 0 Å². The van der Waals surface area contributed by atoms with E-state index in [1.165, 1.54) is 5.56 Å². The predicted molar refractivity (Wildman–Crippen MR) is 64.9 cm³/mol. The molecule has 1 aliphatic rings. The highest BCUT2D eigenvalue weighted by Gasteiger charge is 2.42. The van der Waals surface area contributed by atoms with Gasteiger partial charge in [0.1, 0.15) is 0 Å². The van der Waals surface area contributed by atoms with Gasteiger partial charge in [0.05, 0.1) is 13.2 Å². The van der Waals surface area contributed by atoms with Gasteiger partial charge in [0.2, 0.25) is 0 Å².